The Hall–Kier alpha value is -0.820. The third kappa shape index (κ3) is 2.36. The average Bonchev–Trinajstić information content (AvgIpc) is 3.02. The number of benzene rings is 1. The van der Waals surface area contributed by atoms with E-state index in [2.05, 4.69) is 6.92 Å². The SMILES string of the molecule is CC(CC1CC1)[C@H](O)c1ccccc1. The van der Waals surface area contributed by atoms with Crippen LogP contribution >= 0.6 is 0 Å². The zero-order valence-electron chi connectivity index (χ0n) is 8.69. The van der Waals surface area contributed by atoms with Crippen LogP contribution in [0.3, 0.4) is 0 Å². The van der Waals surface area contributed by atoms with Crippen LogP contribution in [0.1, 0.15) is 37.9 Å². The summed E-state index contributed by atoms with van der Waals surface area (Å²) in [6.07, 6.45) is 3.63. The van der Waals surface area contributed by atoms with Crippen molar-refractivity contribution in [1.29, 1.82) is 0 Å². The molecule has 2 atom stereocenters. The normalized spacial score (nSPS) is 20.4. The first-order valence-electron chi connectivity index (χ1n) is 5.50. The summed E-state index contributed by atoms with van der Waals surface area (Å²) in [6, 6.07) is 9.98. The summed E-state index contributed by atoms with van der Waals surface area (Å²) in [5, 5.41) is 10.1. The largest absolute Gasteiger partial charge is 0.388 e. The van der Waals surface area contributed by atoms with E-state index in [0.29, 0.717) is 5.92 Å². The molecule has 1 fully saturated rings. The van der Waals surface area contributed by atoms with E-state index < -0.39 is 0 Å². The Bertz CT molecular complexity index is 277. The van der Waals surface area contributed by atoms with Gasteiger partial charge in [-0.2, -0.15) is 0 Å². The lowest BCUT2D eigenvalue weighted by Gasteiger charge is -2.18. The van der Waals surface area contributed by atoms with E-state index in [-0.39, 0.29) is 6.10 Å². The molecule has 2 rings (SSSR count). The van der Waals surface area contributed by atoms with E-state index in [1.165, 1.54) is 19.3 Å². The van der Waals surface area contributed by atoms with Crippen molar-refractivity contribution in [3.05, 3.63) is 35.9 Å². The predicted octanol–water partition coefficient (Wildman–Crippen LogP) is 3.16. The standard InChI is InChI=1S/C13H18O/c1-10(9-11-7-8-11)13(14)12-5-3-2-4-6-12/h2-6,10-11,13-14H,7-9H2,1H3/t10?,13-/m0/s1. The van der Waals surface area contributed by atoms with Crippen molar-refractivity contribution < 1.29 is 5.11 Å². The van der Waals surface area contributed by atoms with Crippen molar-refractivity contribution >= 4 is 0 Å². The average molecular weight is 190 g/mol. The monoisotopic (exact) mass is 190 g/mol. The van der Waals surface area contributed by atoms with Gasteiger partial charge in [0.1, 0.15) is 0 Å². The van der Waals surface area contributed by atoms with Crippen LogP contribution in [0.5, 0.6) is 0 Å². The molecule has 1 heteroatoms. The van der Waals surface area contributed by atoms with E-state index in [4.69, 9.17) is 0 Å². The number of aliphatic hydroxyl groups is 1. The number of hydrogen-bond acceptors (Lipinski definition) is 1. The van der Waals surface area contributed by atoms with Gasteiger partial charge in [-0.15, -0.1) is 0 Å². The second-order valence-electron chi connectivity index (χ2n) is 4.51. The Balaban J connectivity index is 1.96. The highest BCUT2D eigenvalue weighted by atomic mass is 16.3. The van der Waals surface area contributed by atoms with E-state index in [1.807, 2.05) is 30.3 Å². The summed E-state index contributed by atoms with van der Waals surface area (Å²) in [5.74, 6) is 1.29. The molecule has 1 N–H and O–H groups in total. The van der Waals surface area contributed by atoms with Crippen LogP contribution in [0.4, 0.5) is 0 Å². The first-order valence-corrected chi connectivity index (χ1v) is 5.50. The molecule has 1 aromatic carbocycles. The van der Waals surface area contributed by atoms with Gasteiger partial charge in [0.15, 0.2) is 0 Å². The van der Waals surface area contributed by atoms with Crippen LogP contribution < -0.4 is 0 Å². The van der Waals surface area contributed by atoms with Crippen LogP contribution in [0.25, 0.3) is 0 Å². The molecule has 0 aromatic heterocycles. The zero-order valence-corrected chi connectivity index (χ0v) is 8.69. The van der Waals surface area contributed by atoms with Crippen molar-refractivity contribution in [1.82, 2.24) is 0 Å². The Morgan fingerprint density at radius 1 is 1.29 bits per heavy atom. The van der Waals surface area contributed by atoms with Crippen LogP contribution in [0.2, 0.25) is 0 Å². The van der Waals surface area contributed by atoms with E-state index in [0.717, 1.165) is 11.5 Å². The first-order chi connectivity index (χ1) is 6.77. The molecule has 0 heterocycles. The molecule has 14 heavy (non-hydrogen) atoms. The molecule has 0 saturated heterocycles. The second kappa shape index (κ2) is 4.14. The van der Waals surface area contributed by atoms with Gasteiger partial charge >= 0.3 is 0 Å². The van der Waals surface area contributed by atoms with Crippen LogP contribution in [-0.2, 0) is 0 Å². The number of hydrogen-bond donors (Lipinski definition) is 1. The molecular formula is C13H18O. The quantitative estimate of drug-likeness (QED) is 0.773. The predicted molar refractivity (Wildman–Crippen MR) is 57.9 cm³/mol. The molecule has 1 nitrogen and oxygen atoms in total. The molecule has 1 aromatic rings. The summed E-state index contributed by atoms with van der Waals surface area (Å²) >= 11 is 0. The minimum Gasteiger partial charge on any atom is -0.388 e. The van der Waals surface area contributed by atoms with Gasteiger partial charge in [-0.3, -0.25) is 0 Å². The fourth-order valence-corrected chi connectivity index (χ4v) is 1.99. The summed E-state index contributed by atoms with van der Waals surface area (Å²) in [6.45, 7) is 2.15. The molecule has 76 valence electrons. The summed E-state index contributed by atoms with van der Waals surface area (Å²) in [4.78, 5) is 0. The summed E-state index contributed by atoms with van der Waals surface area (Å²) in [5.41, 5.74) is 1.06. The van der Waals surface area contributed by atoms with Gasteiger partial charge in [0.2, 0.25) is 0 Å². The fourth-order valence-electron chi connectivity index (χ4n) is 1.99. The summed E-state index contributed by atoms with van der Waals surface area (Å²) < 4.78 is 0. The highest BCUT2D eigenvalue weighted by Gasteiger charge is 2.27. The van der Waals surface area contributed by atoms with Crippen molar-refractivity contribution in [2.75, 3.05) is 0 Å². The second-order valence-corrected chi connectivity index (χ2v) is 4.51. The zero-order chi connectivity index (χ0) is 9.97. The molecule has 0 bridgehead atoms. The highest BCUT2D eigenvalue weighted by molar-refractivity contribution is 5.17. The molecule has 0 aliphatic heterocycles. The molecule has 1 aliphatic carbocycles. The van der Waals surface area contributed by atoms with Gasteiger partial charge in [0.05, 0.1) is 6.10 Å². The fraction of sp³-hybridized carbons (Fsp3) is 0.538. The Morgan fingerprint density at radius 2 is 1.93 bits per heavy atom. The molecule has 1 saturated carbocycles. The molecule has 0 radical (unpaired) electrons. The number of aliphatic hydroxyl groups excluding tert-OH is 1. The van der Waals surface area contributed by atoms with E-state index >= 15 is 0 Å². The van der Waals surface area contributed by atoms with Gasteiger partial charge < -0.3 is 5.11 Å². The third-order valence-corrected chi connectivity index (χ3v) is 3.08. The number of rotatable bonds is 4. The van der Waals surface area contributed by atoms with Gasteiger partial charge in [-0.1, -0.05) is 50.1 Å². The lowest BCUT2D eigenvalue weighted by Crippen LogP contribution is -2.09. The third-order valence-electron chi connectivity index (χ3n) is 3.08. The van der Waals surface area contributed by atoms with E-state index in [9.17, 15) is 5.11 Å². The van der Waals surface area contributed by atoms with Crippen molar-refractivity contribution in [2.45, 2.75) is 32.3 Å². The first kappa shape index (κ1) is 9.72. The van der Waals surface area contributed by atoms with Gasteiger partial charge in [-0.25, -0.2) is 0 Å². The van der Waals surface area contributed by atoms with Crippen LogP contribution in [0, 0.1) is 11.8 Å². The molecular weight excluding hydrogens is 172 g/mol. The maximum atomic E-state index is 10.1. The van der Waals surface area contributed by atoms with Gasteiger partial charge in [0, 0.05) is 0 Å². The molecule has 1 aliphatic rings. The molecule has 0 spiro atoms. The van der Waals surface area contributed by atoms with Crippen molar-refractivity contribution in [2.24, 2.45) is 11.8 Å². The highest BCUT2D eigenvalue weighted by Crippen LogP contribution is 2.38. The minimum absolute atomic E-state index is 0.281. The topological polar surface area (TPSA) is 20.2 Å². The van der Waals surface area contributed by atoms with Crippen LogP contribution in [0.15, 0.2) is 30.3 Å². The van der Waals surface area contributed by atoms with Gasteiger partial charge in [0.25, 0.3) is 0 Å². The Kier molecular flexibility index (Phi) is 2.87. The Morgan fingerprint density at radius 3 is 2.50 bits per heavy atom. The van der Waals surface area contributed by atoms with Crippen LogP contribution in [-0.4, -0.2) is 5.11 Å². The summed E-state index contributed by atoms with van der Waals surface area (Å²) in [7, 11) is 0. The van der Waals surface area contributed by atoms with Gasteiger partial charge in [-0.05, 0) is 23.8 Å². The van der Waals surface area contributed by atoms with Crippen molar-refractivity contribution in [3.63, 3.8) is 0 Å². The maximum absolute atomic E-state index is 10.1. The Labute approximate surface area is 85.8 Å². The van der Waals surface area contributed by atoms with Crippen molar-refractivity contribution in [3.8, 4) is 0 Å². The lowest BCUT2D eigenvalue weighted by molar-refractivity contribution is 0.109. The lowest BCUT2D eigenvalue weighted by atomic mass is 9.93. The smallest absolute Gasteiger partial charge is 0.0815 e. The molecule has 0 amide bonds. The minimum atomic E-state index is -0.281. The maximum Gasteiger partial charge on any atom is 0.0815 e. The van der Waals surface area contributed by atoms with E-state index in [1.54, 1.807) is 0 Å². The molecule has 1 unspecified atom stereocenters.